The molecule has 330 valence electrons. The molecule has 0 radical (unpaired) electrons. The number of esters is 1. The van der Waals surface area contributed by atoms with E-state index in [9.17, 15) is 26.4 Å². The van der Waals surface area contributed by atoms with E-state index in [-0.39, 0.29) is 16.5 Å². The smallest absolute Gasteiger partial charge is 0.334 e. The van der Waals surface area contributed by atoms with Crippen molar-refractivity contribution in [2.45, 2.75) is 63.2 Å². The van der Waals surface area contributed by atoms with Gasteiger partial charge in [0.2, 0.25) is 5.94 Å². The summed E-state index contributed by atoms with van der Waals surface area (Å²) in [4.78, 5) is 35.9. The number of aryl methyl sites for hydroxylation is 2. The van der Waals surface area contributed by atoms with Crippen molar-refractivity contribution in [1.82, 2.24) is 9.80 Å². The van der Waals surface area contributed by atoms with Crippen LogP contribution >= 0.6 is 0 Å². The van der Waals surface area contributed by atoms with Crippen LogP contribution in [0.5, 0.6) is 0 Å². The number of carbonyl (C=O) groups is 2. The highest BCUT2D eigenvalue weighted by atomic mass is 32.2. The first-order valence-electron chi connectivity index (χ1n) is 21.7. The summed E-state index contributed by atoms with van der Waals surface area (Å²) in [6.07, 6.45) is 4.21. The van der Waals surface area contributed by atoms with Crippen LogP contribution in [0.25, 0.3) is 0 Å². The molecule has 0 spiro atoms. The summed E-state index contributed by atoms with van der Waals surface area (Å²) >= 11 is 0. The summed E-state index contributed by atoms with van der Waals surface area (Å²) in [6, 6.07) is 35.5. The van der Waals surface area contributed by atoms with Crippen LogP contribution in [0.2, 0.25) is 0 Å². The lowest BCUT2D eigenvalue weighted by Gasteiger charge is -2.26. The van der Waals surface area contributed by atoms with E-state index in [0.717, 1.165) is 82.3 Å². The monoisotopic (exact) mass is 882 g/mol. The van der Waals surface area contributed by atoms with Gasteiger partial charge < -0.3 is 19.4 Å². The van der Waals surface area contributed by atoms with E-state index in [1.54, 1.807) is 24.3 Å². The van der Waals surface area contributed by atoms with Gasteiger partial charge in [-0.2, -0.15) is 0 Å². The Labute approximate surface area is 366 Å². The summed E-state index contributed by atoms with van der Waals surface area (Å²) < 4.78 is 59.9. The second-order valence-corrected chi connectivity index (χ2v) is 21.6. The van der Waals surface area contributed by atoms with Crippen LogP contribution in [0.15, 0.2) is 109 Å². The summed E-state index contributed by atoms with van der Waals surface area (Å²) in [7, 11) is -8.15. The fraction of sp³-hybridized carbons (Fsp3) is 0.458. The van der Waals surface area contributed by atoms with E-state index in [1.807, 2.05) is 36.4 Å². The molecule has 2 heterocycles. The van der Waals surface area contributed by atoms with Gasteiger partial charge in [-0.15, -0.1) is 0 Å². The van der Waals surface area contributed by atoms with Crippen LogP contribution in [0.4, 0.5) is 11.4 Å². The van der Waals surface area contributed by atoms with Crippen LogP contribution in [0.1, 0.15) is 61.8 Å². The van der Waals surface area contributed by atoms with Gasteiger partial charge in [0, 0.05) is 42.7 Å². The Kier molecular flexibility index (Phi) is 12.6. The average molecular weight is 883 g/mol. The van der Waals surface area contributed by atoms with Crippen LogP contribution in [0, 0.1) is 23.7 Å². The molecule has 2 aliphatic carbocycles. The maximum Gasteiger partial charge on any atom is 0.334 e. The zero-order chi connectivity index (χ0) is 43.7. The number of fused-ring (bicyclic) bond motifs is 2. The van der Waals surface area contributed by atoms with Gasteiger partial charge in [0.05, 0.1) is 24.8 Å². The summed E-state index contributed by atoms with van der Waals surface area (Å²) in [5.74, 6) is -0.970. The number of hydrogen-bond acceptors (Lipinski definition) is 10. The first-order valence-corrected chi connectivity index (χ1v) is 25.2. The molecule has 2 saturated heterocycles. The molecule has 2 aliphatic heterocycles. The minimum Gasteiger partial charge on any atom is -0.447 e. The molecule has 1 N–H and O–H groups in total. The Morgan fingerprint density at radius 2 is 1.15 bits per heavy atom. The van der Waals surface area contributed by atoms with Gasteiger partial charge in [-0.25, -0.2) is 21.6 Å². The molecule has 4 atom stereocenters. The standard InChI is InChI=1S/C48H58N4O8S2/c1-47(41-30-50(31-42(41)47)26-12-18-35-14-6-4-7-15-35)37-20-10-22-39(28-37)49-62(57,58)34-59-45(53)24-25-46(54)60-52(61(3,55)56)40-23-11-21-38(29-40)48(2)43-32-51(33-44(43)48)27-13-19-36-16-8-5-9-17-36/h4-11,14-17,20-23,28-29,41-44,49H,12-13,18-19,24-27,30-34H2,1-3H3. The van der Waals surface area contributed by atoms with E-state index in [1.165, 1.54) is 11.1 Å². The quantitative estimate of drug-likeness (QED) is 0.0769. The zero-order valence-corrected chi connectivity index (χ0v) is 37.5. The van der Waals surface area contributed by atoms with Gasteiger partial charge in [-0.1, -0.05) is 103 Å². The van der Waals surface area contributed by atoms with Gasteiger partial charge in [-0.05, 0) is 109 Å². The van der Waals surface area contributed by atoms with Crippen LogP contribution in [0.3, 0.4) is 0 Å². The lowest BCUT2D eigenvalue weighted by atomic mass is 9.92. The zero-order valence-electron chi connectivity index (χ0n) is 35.8. The molecule has 2 saturated carbocycles. The van der Waals surface area contributed by atoms with E-state index < -0.39 is 50.8 Å². The van der Waals surface area contributed by atoms with Gasteiger partial charge >= 0.3 is 11.9 Å². The van der Waals surface area contributed by atoms with Gasteiger partial charge in [-0.3, -0.25) is 9.52 Å². The number of hydrogen-bond donors (Lipinski definition) is 1. The van der Waals surface area contributed by atoms with Gasteiger partial charge in [0.25, 0.3) is 20.0 Å². The minimum absolute atomic E-state index is 0.0338. The number of likely N-dealkylation sites (tertiary alicyclic amines) is 2. The number of nitrogens with one attached hydrogen (secondary N) is 1. The largest absolute Gasteiger partial charge is 0.447 e. The lowest BCUT2D eigenvalue weighted by molar-refractivity contribution is -0.149. The Morgan fingerprint density at radius 3 is 1.66 bits per heavy atom. The molecule has 4 unspecified atom stereocenters. The highest BCUT2D eigenvalue weighted by Crippen LogP contribution is 2.64. The summed E-state index contributed by atoms with van der Waals surface area (Å²) in [5, 5.41) is 0. The van der Waals surface area contributed by atoms with Crippen molar-refractivity contribution in [2.75, 3.05) is 60.7 Å². The van der Waals surface area contributed by atoms with Gasteiger partial charge in [0.15, 0.2) is 0 Å². The molecule has 12 nitrogen and oxygen atoms in total. The van der Waals surface area contributed by atoms with Crippen molar-refractivity contribution in [1.29, 1.82) is 0 Å². The average Bonchev–Trinajstić information content (AvgIpc) is 3.72. The number of piperidine rings is 2. The van der Waals surface area contributed by atoms with Gasteiger partial charge in [0.1, 0.15) is 0 Å². The van der Waals surface area contributed by atoms with Crippen molar-refractivity contribution in [2.24, 2.45) is 23.7 Å². The highest BCUT2D eigenvalue weighted by Gasteiger charge is 2.66. The molecule has 4 fully saturated rings. The fourth-order valence-corrected chi connectivity index (χ4v) is 11.9. The molecular formula is C48H58N4O8S2. The van der Waals surface area contributed by atoms with Crippen molar-refractivity contribution in [3.05, 3.63) is 131 Å². The molecule has 14 heteroatoms. The second-order valence-electron chi connectivity index (χ2n) is 18.1. The van der Waals surface area contributed by atoms with E-state index >= 15 is 0 Å². The third-order valence-corrected chi connectivity index (χ3v) is 15.9. The first kappa shape index (κ1) is 43.9. The molecule has 4 aromatic rings. The molecule has 0 amide bonds. The van der Waals surface area contributed by atoms with Crippen LogP contribution < -0.4 is 9.19 Å². The number of carbonyl (C=O) groups excluding carboxylic acids is 2. The van der Waals surface area contributed by atoms with E-state index in [2.05, 4.69) is 76.9 Å². The van der Waals surface area contributed by atoms with Crippen molar-refractivity contribution >= 4 is 43.4 Å². The first-order chi connectivity index (χ1) is 29.6. The van der Waals surface area contributed by atoms with Crippen molar-refractivity contribution in [3.8, 4) is 0 Å². The number of nitrogens with zero attached hydrogens (tertiary/aromatic N) is 3. The number of anilines is 2. The summed E-state index contributed by atoms with van der Waals surface area (Å²) in [5.41, 5.74) is 5.15. The van der Waals surface area contributed by atoms with E-state index in [4.69, 9.17) is 9.57 Å². The molecule has 0 bridgehead atoms. The molecule has 8 rings (SSSR count). The third kappa shape index (κ3) is 9.73. The maximum absolute atomic E-state index is 13.0. The fourth-order valence-electron chi connectivity index (χ4n) is 10.4. The van der Waals surface area contributed by atoms with Crippen molar-refractivity contribution in [3.63, 3.8) is 0 Å². The predicted octanol–water partition coefficient (Wildman–Crippen LogP) is 6.54. The lowest BCUT2D eigenvalue weighted by Crippen LogP contribution is -2.33. The Balaban J connectivity index is 0.774. The number of benzene rings is 4. The molecular weight excluding hydrogens is 825 g/mol. The highest BCUT2D eigenvalue weighted by molar-refractivity contribution is 7.92. The maximum atomic E-state index is 13.0. The molecule has 0 aromatic heterocycles. The van der Waals surface area contributed by atoms with E-state index in [0.29, 0.717) is 33.8 Å². The Hall–Kier alpha value is -4.76. The molecule has 4 aromatic carbocycles. The second kappa shape index (κ2) is 17.8. The predicted molar refractivity (Wildman–Crippen MR) is 240 cm³/mol. The Morgan fingerprint density at radius 1 is 0.661 bits per heavy atom. The SMILES string of the molecule is CC1(c2cccc(NS(=O)(=O)COC(=O)CCC(=O)ON(c3cccc(C4(C)C5CN(CCCc6ccccc6)CC54)c3)S(C)(=O)=O)c2)C2CN(CCCc3ccccc3)CC21. The number of ether oxygens (including phenoxy) is 1. The molecule has 4 aliphatic rings. The minimum atomic E-state index is -4.09. The number of rotatable bonds is 20. The van der Waals surface area contributed by atoms with Crippen LogP contribution in [-0.2, 0) is 62.9 Å². The normalized spacial score (nSPS) is 25.4. The van der Waals surface area contributed by atoms with Crippen molar-refractivity contribution < 1.29 is 36.0 Å². The van der Waals surface area contributed by atoms with Crippen LogP contribution in [-0.4, -0.2) is 90.0 Å². The Bertz CT molecular complexity index is 2440. The topological polar surface area (TPSA) is 143 Å². The summed E-state index contributed by atoms with van der Waals surface area (Å²) in [6.45, 7) is 10.5. The molecule has 62 heavy (non-hydrogen) atoms. The number of sulfonamides is 2. The third-order valence-electron chi connectivity index (χ3n) is 14.1.